The highest BCUT2D eigenvalue weighted by Gasteiger charge is 2.39. The zero-order chi connectivity index (χ0) is 9.19. The van der Waals surface area contributed by atoms with Gasteiger partial charge in [0.15, 0.2) is 5.41 Å². The van der Waals surface area contributed by atoms with Crippen molar-refractivity contribution in [2.75, 3.05) is 0 Å². The Kier molecular flexibility index (Phi) is 2.01. The Bertz CT molecular complexity index is 298. The molecule has 0 saturated carbocycles. The summed E-state index contributed by atoms with van der Waals surface area (Å²) in [5.41, 5.74) is 4.01. The molecule has 0 saturated heterocycles. The van der Waals surface area contributed by atoms with E-state index in [9.17, 15) is 4.79 Å². The summed E-state index contributed by atoms with van der Waals surface area (Å²) in [6.45, 7) is 1.80. The first-order valence-electron chi connectivity index (χ1n) is 3.70. The molecule has 3 heteroatoms. The van der Waals surface area contributed by atoms with Gasteiger partial charge in [0.1, 0.15) is 0 Å². The van der Waals surface area contributed by atoms with Crippen molar-refractivity contribution in [3.8, 4) is 6.07 Å². The van der Waals surface area contributed by atoms with Crippen LogP contribution in [0.1, 0.15) is 6.92 Å². The molecule has 2 N–H and O–H groups in total. The molecular formula is C9H10N2O. The molecule has 0 heterocycles. The van der Waals surface area contributed by atoms with Gasteiger partial charge in [-0.1, -0.05) is 31.2 Å². The van der Waals surface area contributed by atoms with Crippen molar-refractivity contribution >= 4 is 5.91 Å². The Morgan fingerprint density at radius 2 is 2.33 bits per heavy atom. The highest BCUT2D eigenvalue weighted by Crippen LogP contribution is 2.32. The van der Waals surface area contributed by atoms with Gasteiger partial charge in [0.25, 0.3) is 0 Å². The van der Waals surface area contributed by atoms with Crippen molar-refractivity contribution < 1.29 is 4.79 Å². The normalized spacial score (nSPS) is 32.8. The molecule has 2 atom stereocenters. The summed E-state index contributed by atoms with van der Waals surface area (Å²) < 4.78 is 0. The zero-order valence-electron chi connectivity index (χ0n) is 6.82. The van der Waals surface area contributed by atoms with Crippen LogP contribution < -0.4 is 5.73 Å². The summed E-state index contributed by atoms with van der Waals surface area (Å²) in [5, 5.41) is 8.85. The van der Waals surface area contributed by atoms with E-state index in [4.69, 9.17) is 11.0 Å². The lowest BCUT2D eigenvalue weighted by Crippen LogP contribution is -2.39. The van der Waals surface area contributed by atoms with E-state index in [-0.39, 0.29) is 5.92 Å². The van der Waals surface area contributed by atoms with Crippen molar-refractivity contribution in [1.82, 2.24) is 0 Å². The van der Waals surface area contributed by atoms with Crippen LogP contribution in [0.4, 0.5) is 0 Å². The molecule has 1 aliphatic rings. The monoisotopic (exact) mass is 162 g/mol. The molecule has 12 heavy (non-hydrogen) atoms. The van der Waals surface area contributed by atoms with Crippen LogP contribution in [0.15, 0.2) is 24.3 Å². The summed E-state index contributed by atoms with van der Waals surface area (Å²) in [5.74, 6) is -0.733. The van der Waals surface area contributed by atoms with Crippen LogP contribution in [-0.2, 0) is 4.79 Å². The third-order valence-electron chi connectivity index (χ3n) is 2.18. The van der Waals surface area contributed by atoms with Crippen LogP contribution in [0.25, 0.3) is 0 Å². The molecule has 0 radical (unpaired) electrons. The second kappa shape index (κ2) is 2.82. The number of hydrogen-bond acceptors (Lipinski definition) is 2. The van der Waals surface area contributed by atoms with Gasteiger partial charge in [-0.05, 0) is 0 Å². The van der Waals surface area contributed by atoms with E-state index in [0.717, 1.165) is 0 Å². The van der Waals surface area contributed by atoms with E-state index in [2.05, 4.69) is 0 Å². The van der Waals surface area contributed by atoms with E-state index in [1.165, 1.54) is 0 Å². The average Bonchev–Trinajstić information content (AvgIpc) is 2.05. The summed E-state index contributed by atoms with van der Waals surface area (Å²) >= 11 is 0. The Morgan fingerprint density at radius 1 is 1.67 bits per heavy atom. The fourth-order valence-corrected chi connectivity index (χ4v) is 1.24. The molecule has 0 aromatic heterocycles. The lowest BCUT2D eigenvalue weighted by atomic mass is 9.74. The van der Waals surface area contributed by atoms with Gasteiger partial charge in [-0.15, -0.1) is 0 Å². The second-order valence-corrected chi connectivity index (χ2v) is 2.88. The molecule has 1 aliphatic carbocycles. The molecule has 1 rings (SSSR count). The van der Waals surface area contributed by atoms with Crippen molar-refractivity contribution in [3.05, 3.63) is 24.3 Å². The highest BCUT2D eigenvalue weighted by molar-refractivity contribution is 5.87. The predicted octanol–water partition coefficient (Wildman–Crippen LogP) is 0.744. The number of allylic oxidation sites excluding steroid dienone is 3. The van der Waals surface area contributed by atoms with Gasteiger partial charge in [0.05, 0.1) is 6.07 Å². The number of nitrogens with two attached hydrogens (primary N) is 1. The molecule has 1 amide bonds. The van der Waals surface area contributed by atoms with Gasteiger partial charge in [0.2, 0.25) is 5.91 Å². The maximum absolute atomic E-state index is 11.0. The number of nitriles is 1. The number of carbonyl (C=O) groups is 1. The minimum absolute atomic E-state index is 0.148. The fourth-order valence-electron chi connectivity index (χ4n) is 1.24. The van der Waals surface area contributed by atoms with Gasteiger partial charge < -0.3 is 5.73 Å². The molecule has 3 nitrogen and oxygen atoms in total. The molecule has 62 valence electrons. The van der Waals surface area contributed by atoms with Crippen molar-refractivity contribution in [1.29, 1.82) is 5.26 Å². The van der Waals surface area contributed by atoms with E-state index >= 15 is 0 Å². The summed E-state index contributed by atoms with van der Waals surface area (Å²) in [7, 11) is 0. The molecule has 0 spiro atoms. The zero-order valence-corrected chi connectivity index (χ0v) is 6.82. The molecular weight excluding hydrogens is 152 g/mol. The maximum Gasteiger partial charge on any atom is 0.242 e. The quantitative estimate of drug-likeness (QED) is 0.618. The Labute approximate surface area is 71.2 Å². The van der Waals surface area contributed by atoms with Crippen LogP contribution >= 0.6 is 0 Å². The topological polar surface area (TPSA) is 66.9 Å². The lowest BCUT2D eigenvalue weighted by Gasteiger charge is -2.25. The molecule has 0 aromatic rings. The number of primary amides is 1. The predicted molar refractivity (Wildman–Crippen MR) is 44.7 cm³/mol. The number of amides is 1. The largest absolute Gasteiger partial charge is 0.368 e. The van der Waals surface area contributed by atoms with Crippen LogP contribution in [-0.4, -0.2) is 5.91 Å². The third kappa shape index (κ3) is 1.02. The van der Waals surface area contributed by atoms with Gasteiger partial charge in [-0.3, -0.25) is 4.79 Å². The van der Waals surface area contributed by atoms with Crippen LogP contribution in [0.3, 0.4) is 0 Å². The van der Waals surface area contributed by atoms with Gasteiger partial charge >= 0.3 is 0 Å². The van der Waals surface area contributed by atoms with Crippen LogP contribution in [0.5, 0.6) is 0 Å². The average molecular weight is 162 g/mol. The standard InChI is InChI=1S/C9H10N2O/c1-7-4-2-3-5-9(7,6-10)8(11)12/h2-5,7H,1H3,(H2,11,12). The minimum atomic E-state index is -1.14. The Balaban J connectivity index is 3.11. The number of rotatable bonds is 1. The van der Waals surface area contributed by atoms with Crippen molar-refractivity contribution in [3.63, 3.8) is 0 Å². The number of carbonyl (C=O) groups excluding carboxylic acids is 1. The van der Waals surface area contributed by atoms with E-state index in [1.807, 2.05) is 12.1 Å². The maximum atomic E-state index is 11.0. The van der Waals surface area contributed by atoms with Gasteiger partial charge in [0, 0.05) is 5.92 Å². The summed E-state index contributed by atoms with van der Waals surface area (Å²) in [4.78, 5) is 11.0. The van der Waals surface area contributed by atoms with Gasteiger partial charge in [-0.2, -0.15) is 5.26 Å². The molecule has 0 aromatic carbocycles. The second-order valence-electron chi connectivity index (χ2n) is 2.88. The molecule has 2 unspecified atom stereocenters. The van der Waals surface area contributed by atoms with Crippen molar-refractivity contribution in [2.24, 2.45) is 17.1 Å². The number of nitrogens with zero attached hydrogens (tertiary/aromatic N) is 1. The SMILES string of the molecule is CC1C=CC=CC1(C#N)C(N)=O. The summed E-state index contributed by atoms with van der Waals surface area (Å²) in [6, 6.07) is 1.95. The van der Waals surface area contributed by atoms with Crippen molar-refractivity contribution in [2.45, 2.75) is 6.92 Å². The van der Waals surface area contributed by atoms with Crippen LogP contribution in [0.2, 0.25) is 0 Å². The Morgan fingerprint density at radius 3 is 2.67 bits per heavy atom. The first-order valence-corrected chi connectivity index (χ1v) is 3.70. The number of hydrogen-bond donors (Lipinski definition) is 1. The van der Waals surface area contributed by atoms with Crippen LogP contribution in [0, 0.1) is 22.7 Å². The smallest absolute Gasteiger partial charge is 0.242 e. The molecule has 0 bridgehead atoms. The first-order chi connectivity index (χ1) is 5.63. The lowest BCUT2D eigenvalue weighted by molar-refractivity contribution is -0.124. The molecule has 0 fully saturated rings. The van der Waals surface area contributed by atoms with E-state index in [1.54, 1.807) is 25.2 Å². The van der Waals surface area contributed by atoms with E-state index < -0.39 is 11.3 Å². The fraction of sp³-hybridized carbons (Fsp3) is 0.333. The van der Waals surface area contributed by atoms with Gasteiger partial charge in [-0.25, -0.2) is 0 Å². The minimum Gasteiger partial charge on any atom is -0.368 e. The first kappa shape index (κ1) is 8.54. The highest BCUT2D eigenvalue weighted by atomic mass is 16.1. The summed E-state index contributed by atoms with van der Waals surface area (Å²) in [6.07, 6.45) is 6.84. The van der Waals surface area contributed by atoms with E-state index in [0.29, 0.717) is 0 Å². The molecule has 0 aliphatic heterocycles. The third-order valence-corrected chi connectivity index (χ3v) is 2.18. The Hall–Kier alpha value is -1.56.